The molecule has 4 rings (SSSR count). The van der Waals surface area contributed by atoms with E-state index in [9.17, 15) is 4.79 Å². The third-order valence-electron chi connectivity index (χ3n) is 6.58. The van der Waals surface area contributed by atoms with E-state index in [0.29, 0.717) is 5.58 Å². The minimum Gasteiger partial charge on any atom is -0.408 e. The fourth-order valence-electron chi connectivity index (χ4n) is 4.56. The number of oxazole rings is 1. The van der Waals surface area contributed by atoms with Gasteiger partial charge in [-0.05, 0) is 74.4 Å². The van der Waals surface area contributed by atoms with Crippen LogP contribution in [-0.2, 0) is 24.8 Å². The number of hydrogen-bond acceptors (Lipinski definition) is 4. The molecule has 1 aliphatic heterocycles. The van der Waals surface area contributed by atoms with Crippen LogP contribution in [0.2, 0.25) is 0 Å². The van der Waals surface area contributed by atoms with Gasteiger partial charge >= 0.3 is 5.76 Å². The third kappa shape index (κ3) is 4.68. The van der Waals surface area contributed by atoms with Crippen molar-refractivity contribution < 1.29 is 9.15 Å². The number of aromatic nitrogens is 1. The second kappa shape index (κ2) is 9.19. The highest BCUT2D eigenvalue weighted by Crippen LogP contribution is 2.37. The lowest BCUT2D eigenvalue weighted by Gasteiger charge is -2.42. The summed E-state index contributed by atoms with van der Waals surface area (Å²) in [6.07, 6.45) is 4.59. The van der Waals surface area contributed by atoms with Crippen LogP contribution >= 0.6 is 0 Å². The van der Waals surface area contributed by atoms with Gasteiger partial charge in [0.05, 0.1) is 12.1 Å². The van der Waals surface area contributed by atoms with Gasteiger partial charge in [-0.1, -0.05) is 36.4 Å². The van der Waals surface area contributed by atoms with Crippen LogP contribution in [-0.4, -0.2) is 35.8 Å². The van der Waals surface area contributed by atoms with Crippen LogP contribution in [0.5, 0.6) is 0 Å². The molecule has 1 aliphatic rings. The minimum atomic E-state index is -0.306. The van der Waals surface area contributed by atoms with Crippen molar-refractivity contribution in [1.82, 2.24) is 9.47 Å². The Kier molecular flexibility index (Phi) is 6.40. The first-order valence-corrected chi connectivity index (χ1v) is 11.0. The maximum absolute atomic E-state index is 11.7. The molecule has 0 bridgehead atoms. The monoisotopic (exact) mass is 408 g/mol. The standard InChI is InChI=1S/C25H32N2O3/c1-3-29-19-25(12-11-20-7-5-4-6-8-20)13-15-27(16-14-25)18-21-9-10-22-23(17-21)30-24(28)26(22)2/h4-10,17H,3,11-16,18-19H2,1-2H3. The van der Waals surface area contributed by atoms with E-state index in [0.717, 1.165) is 57.6 Å². The van der Waals surface area contributed by atoms with Gasteiger partial charge in [0.25, 0.3) is 0 Å². The molecule has 1 fully saturated rings. The highest BCUT2D eigenvalue weighted by Gasteiger charge is 2.34. The summed E-state index contributed by atoms with van der Waals surface area (Å²) in [5.74, 6) is -0.306. The fourth-order valence-corrected chi connectivity index (χ4v) is 4.56. The average Bonchev–Trinajstić information content (AvgIpc) is 3.06. The largest absolute Gasteiger partial charge is 0.419 e. The molecular formula is C25H32N2O3. The second-order valence-electron chi connectivity index (χ2n) is 8.63. The van der Waals surface area contributed by atoms with Gasteiger partial charge < -0.3 is 9.15 Å². The number of hydrogen-bond donors (Lipinski definition) is 0. The highest BCUT2D eigenvalue weighted by molar-refractivity contribution is 5.73. The van der Waals surface area contributed by atoms with Crippen molar-refractivity contribution in [1.29, 1.82) is 0 Å². The number of ether oxygens (including phenoxy) is 1. The van der Waals surface area contributed by atoms with E-state index in [1.165, 1.54) is 17.5 Å². The molecule has 0 unspecified atom stereocenters. The molecule has 3 aromatic rings. The van der Waals surface area contributed by atoms with Crippen LogP contribution < -0.4 is 5.76 Å². The smallest absolute Gasteiger partial charge is 0.408 e. The van der Waals surface area contributed by atoms with Gasteiger partial charge in [0, 0.05) is 20.2 Å². The van der Waals surface area contributed by atoms with Gasteiger partial charge in [0.2, 0.25) is 0 Å². The minimum absolute atomic E-state index is 0.262. The second-order valence-corrected chi connectivity index (χ2v) is 8.63. The summed E-state index contributed by atoms with van der Waals surface area (Å²) in [4.78, 5) is 14.2. The normalized spacial score (nSPS) is 16.9. The highest BCUT2D eigenvalue weighted by atomic mass is 16.5. The summed E-state index contributed by atoms with van der Waals surface area (Å²) in [6.45, 7) is 6.73. The Balaban J connectivity index is 1.39. The van der Waals surface area contributed by atoms with Crippen LogP contribution in [0, 0.1) is 5.41 Å². The molecule has 0 atom stereocenters. The summed E-state index contributed by atoms with van der Waals surface area (Å²) in [5.41, 5.74) is 4.38. The maximum Gasteiger partial charge on any atom is 0.419 e. The maximum atomic E-state index is 11.7. The number of piperidine rings is 1. The summed E-state index contributed by atoms with van der Waals surface area (Å²) in [5, 5.41) is 0. The lowest BCUT2D eigenvalue weighted by atomic mass is 9.74. The van der Waals surface area contributed by atoms with Crippen molar-refractivity contribution in [2.75, 3.05) is 26.3 Å². The Morgan fingerprint density at radius 1 is 1.07 bits per heavy atom. The Morgan fingerprint density at radius 2 is 1.83 bits per heavy atom. The van der Waals surface area contributed by atoms with E-state index in [1.807, 2.05) is 12.1 Å². The number of rotatable bonds is 8. The molecule has 2 aromatic carbocycles. The summed E-state index contributed by atoms with van der Waals surface area (Å²) < 4.78 is 12.8. The molecule has 0 saturated carbocycles. The van der Waals surface area contributed by atoms with Crippen LogP contribution in [0.4, 0.5) is 0 Å². The zero-order valence-corrected chi connectivity index (χ0v) is 18.1. The van der Waals surface area contributed by atoms with E-state index in [4.69, 9.17) is 9.15 Å². The zero-order chi connectivity index (χ0) is 21.0. The molecular weight excluding hydrogens is 376 g/mol. The first kappa shape index (κ1) is 20.9. The van der Waals surface area contributed by atoms with Crippen LogP contribution in [0.1, 0.15) is 37.3 Å². The van der Waals surface area contributed by atoms with Gasteiger partial charge in [-0.25, -0.2) is 4.79 Å². The van der Waals surface area contributed by atoms with Crippen molar-refractivity contribution in [2.45, 2.75) is 39.2 Å². The molecule has 30 heavy (non-hydrogen) atoms. The number of nitrogens with zero attached hydrogens (tertiary/aromatic N) is 2. The molecule has 0 amide bonds. The lowest BCUT2D eigenvalue weighted by molar-refractivity contribution is -0.00231. The molecule has 1 aromatic heterocycles. The SMILES string of the molecule is CCOCC1(CCc2ccccc2)CCN(Cc2ccc3c(c2)oc(=O)n3C)CC1. The van der Waals surface area contributed by atoms with Gasteiger partial charge in [-0.3, -0.25) is 9.47 Å². The zero-order valence-electron chi connectivity index (χ0n) is 18.1. The molecule has 5 heteroatoms. The molecule has 0 aliphatic carbocycles. The van der Waals surface area contributed by atoms with Crippen molar-refractivity contribution >= 4 is 11.1 Å². The predicted molar refractivity (Wildman–Crippen MR) is 120 cm³/mol. The van der Waals surface area contributed by atoms with Gasteiger partial charge in [-0.15, -0.1) is 0 Å². The van der Waals surface area contributed by atoms with Crippen LogP contribution in [0.25, 0.3) is 11.1 Å². The van der Waals surface area contributed by atoms with Gasteiger partial charge in [0.1, 0.15) is 0 Å². The van der Waals surface area contributed by atoms with Crippen molar-refractivity contribution in [2.24, 2.45) is 12.5 Å². The molecule has 0 spiro atoms. The van der Waals surface area contributed by atoms with Crippen molar-refractivity contribution in [3.63, 3.8) is 0 Å². The van der Waals surface area contributed by atoms with Crippen molar-refractivity contribution in [3.05, 3.63) is 70.2 Å². The van der Waals surface area contributed by atoms with Crippen LogP contribution in [0.15, 0.2) is 57.7 Å². The lowest BCUT2D eigenvalue weighted by Crippen LogP contribution is -2.42. The summed E-state index contributed by atoms with van der Waals surface area (Å²) in [7, 11) is 1.74. The summed E-state index contributed by atoms with van der Waals surface area (Å²) >= 11 is 0. The van der Waals surface area contributed by atoms with Crippen molar-refractivity contribution in [3.8, 4) is 0 Å². The predicted octanol–water partition coefficient (Wildman–Crippen LogP) is 4.38. The Bertz CT molecular complexity index is 1010. The van der Waals surface area contributed by atoms with E-state index in [-0.39, 0.29) is 11.2 Å². The molecule has 0 N–H and O–H groups in total. The van der Waals surface area contributed by atoms with Gasteiger partial charge in [-0.2, -0.15) is 0 Å². The molecule has 160 valence electrons. The quantitative estimate of drug-likeness (QED) is 0.555. The molecule has 5 nitrogen and oxygen atoms in total. The number of aryl methyl sites for hydroxylation is 2. The van der Waals surface area contributed by atoms with E-state index in [2.05, 4.69) is 48.2 Å². The Hall–Kier alpha value is -2.37. The van der Waals surface area contributed by atoms with Crippen LogP contribution in [0.3, 0.4) is 0 Å². The first-order valence-electron chi connectivity index (χ1n) is 11.0. The number of fused-ring (bicyclic) bond motifs is 1. The fraction of sp³-hybridized carbons (Fsp3) is 0.480. The molecule has 0 radical (unpaired) electrons. The van der Waals surface area contributed by atoms with E-state index in [1.54, 1.807) is 11.6 Å². The molecule has 2 heterocycles. The number of benzene rings is 2. The molecule has 1 saturated heterocycles. The Labute approximate surface area is 178 Å². The first-order chi connectivity index (χ1) is 14.6. The van der Waals surface area contributed by atoms with E-state index >= 15 is 0 Å². The summed E-state index contributed by atoms with van der Waals surface area (Å²) in [6, 6.07) is 16.9. The Morgan fingerprint density at radius 3 is 2.57 bits per heavy atom. The topological polar surface area (TPSA) is 47.6 Å². The average molecular weight is 409 g/mol. The number of likely N-dealkylation sites (tertiary alicyclic amines) is 1. The van der Waals surface area contributed by atoms with Gasteiger partial charge in [0.15, 0.2) is 5.58 Å². The third-order valence-corrected chi connectivity index (χ3v) is 6.58. The van der Waals surface area contributed by atoms with E-state index < -0.39 is 0 Å².